The van der Waals surface area contributed by atoms with Crippen molar-refractivity contribution in [1.29, 1.82) is 0 Å². The van der Waals surface area contributed by atoms with Crippen molar-refractivity contribution < 1.29 is 9.52 Å². The Hall–Kier alpha value is -0.800. The summed E-state index contributed by atoms with van der Waals surface area (Å²) in [6.45, 7) is 15.3. The molecular formula is C20H37IN4O2. The molecule has 1 aromatic rings. The van der Waals surface area contributed by atoms with Gasteiger partial charge in [0.1, 0.15) is 17.1 Å². The van der Waals surface area contributed by atoms with Crippen molar-refractivity contribution in [1.82, 2.24) is 15.5 Å². The van der Waals surface area contributed by atoms with Gasteiger partial charge in [-0.05, 0) is 65.6 Å². The minimum absolute atomic E-state index is 0. The fourth-order valence-electron chi connectivity index (χ4n) is 3.67. The van der Waals surface area contributed by atoms with Gasteiger partial charge in [0, 0.05) is 25.2 Å². The third kappa shape index (κ3) is 7.27. The van der Waals surface area contributed by atoms with Gasteiger partial charge in [0.15, 0.2) is 5.96 Å². The molecule has 0 spiro atoms. The average molecular weight is 492 g/mol. The number of furan rings is 1. The second-order valence-electron chi connectivity index (χ2n) is 7.58. The highest BCUT2D eigenvalue weighted by atomic mass is 127. The van der Waals surface area contributed by atoms with E-state index in [1.54, 1.807) is 6.92 Å². The summed E-state index contributed by atoms with van der Waals surface area (Å²) >= 11 is 0. The van der Waals surface area contributed by atoms with Gasteiger partial charge in [-0.3, -0.25) is 0 Å². The Labute approximate surface area is 181 Å². The van der Waals surface area contributed by atoms with Crippen LogP contribution in [0.25, 0.3) is 0 Å². The smallest absolute Gasteiger partial charge is 0.191 e. The number of nitrogens with one attached hydrogen (secondary N) is 2. The van der Waals surface area contributed by atoms with Crippen molar-refractivity contribution in [3.63, 3.8) is 0 Å². The van der Waals surface area contributed by atoms with Crippen LogP contribution in [-0.4, -0.2) is 55.2 Å². The quantitative estimate of drug-likeness (QED) is 0.310. The Morgan fingerprint density at radius 3 is 2.70 bits per heavy atom. The number of rotatable bonds is 7. The summed E-state index contributed by atoms with van der Waals surface area (Å²) in [5.41, 5.74) is -0.242. The van der Waals surface area contributed by atoms with Crippen LogP contribution in [0.15, 0.2) is 15.5 Å². The lowest BCUT2D eigenvalue weighted by atomic mass is 9.96. The summed E-state index contributed by atoms with van der Waals surface area (Å²) in [6.07, 6.45) is 2.52. The SMILES string of the molecule is CCNC(=NCC(C)(O)c1cc(C)oc1C)NCC1CCCN(CC)C1.I. The van der Waals surface area contributed by atoms with Gasteiger partial charge in [-0.25, -0.2) is 4.99 Å². The van der Waals surface area contributed by atoms with E-state index in [1.807, 2.05) is 19.9 Å². The van der Waals surface area contributed by atoms with E-state index in [1.165, 1.54) is 19.4 Å². The van der Waals surface area contributed by atoms with Crippen LogP contribution in [-0.2, 0) is 5.60 Å². The first-order chi connectivity index (χ1) is 12.4. The monoisotopic (exact) mass is 492 g/mol. The first-order valence-corrected chi connectivity index (χ1v) is 9.90. The Balaban J connectivity index is 0.00000364. The Morgan fingerprint density at radius 2 is 2.11 bits per heavy atom. The fraction of sp³-hybridized carbons (Fsp3) is 0.750. The molecule has 1 aliphatic heterocycles. The Bertz CT molecular complexity index is 601. The van der Waals surface area contributed by atoms with Crippen LogP contribution < -0.4 is 10.6 Å². The largest absolute Gasteiger partial charge is 0.466 e. The molecule has 0 aromatic carbocycles. The molecule has 0 amide bonds. The zero-order valence-electron chi connectivity index (χ0n) is 17.5. The average Bonchev–Trinajstić information content (AvgIpc) is 2.97. The number of halogens is 1. The molecule has 6 nitrogen and oxygen atoms in total. The highest BCUT2D eigenvalue weighted by Gasteiger charge is 2.27. The molecule has 3 N–H and O–H groups in total. The number of aliphatic imine (C=N–C) groups is 1. The van der Waals surface area contributed by atoms with Crippen molar-refractivity contribution in [2.45, 2.75) is 53.1 Å². The predicted molar refractivity (Wildman–Crippen MR) is 122 cm³/mol. The van der Waals surface area contributed by atoms with E-state index in [0.29, 0.717) is 5.92 Å². The van der Waals surface area contributed by atoms with E-state index in [0.717, 1.165) is 49.2 Å². The maximum absolute atomic E-state index is 10.9. The Morgan fingerprint density at radius 1 is 1.37 bits per heavy atom. The van der Waals surface area contributed by atoms with Gasteiger partial charge >= 0.3 is 0 Å². The second-order valence-corrected chi connectivity index (χ2v) is 7.58. The molecule has 2 rings (SSSR count). The van der Waals surface area contributed by atoms with Crippen LogP contribution in [0, 0.1) is 19.8 Å². The highest BCUT2D eigenvalue weighted by Crippen LogP contribution is 2.27. The summed E-state index contributed by atoms with van der Waals surface area (Å²) in [5, 5.41) is 17.6. The third-order valence-electron chi connectivity index (χ3n) is 5.12. The lowest BCUT2D eigenvalue weighted by Gasteiger charge is -2.32. The number of aliphatic hydroxyl groups is 1. The summed E-state index contributed by atoms with van der Waals surface area (Å²) in [5.74, 6) is 2.97. The number of guanidine groups is 1. The lowest BCUT2D eigenvalue weighted by molar-refractivity contribution is 0.0656. The molecule has 0 radical (unpaired) electrons. The van der Waals surface area contributed by atoms with E-state index < -0.39 is 5.60 Å². The van der Waals surface area contributed by atoms with Crippen LogP contribution in [0.4, 0.5) is 0 Å². The predicted octanol–water partition coefficient (Wildman–Crippen LogP) is 3.01. The van der Waals surface area contributed by atoms with E-state index in [-0.39, 0.29) is 30.5 Å². The van der Waals surface area contributed by atoms with Crippen LogP contribution in [0.3, 0.4) is 0 Å². The molecule has 0 aliphatic carbocycles. The summed E-state index contributed by atoms with van der Waals surface area (Å²) < 4.78 is 5.56. The molecule has 27 heavy (non-hydrogen) atoms. The first kappa shape index (κ1) is 24.2. The molecule has 1 saturated heterocycles. The molecule has 2 heterocycles. The van der Waals surface area contributed by atoms with E-state index in [2.05, 4.69) is 34.4 Å². The molecule has 2 unspecified atom stereocenters. The fourth-order valence-corrected chi connectivity index (χ4v) is 3.67. The maximum atomic E-state index is 10.9. The number of likely N-dealkylation sites (tertiary alicyclic amines) is 1. The molecule has 1 aromatic heterocycles. The molecule has 156 valence electrons. The zero-order chi connectivity index (χ0) is 19.2. The molecular weight excluding hydrogens is 455 g/mol. The van der Waals surface area contributed by atoms with Crippen molar-refractivity contribution in [2.24, 2.45) is 10.9 Å². The van der Waals surface area contributed by atoms with Crippen molar-refractivity contribution in [3.05, 3.63) is 23.2 Å². The van der Waals surface area contributed by atoms with Crippen molar-refractivity contribution >= 4 is 29.9 Å². The lowest BCUT2D eigenvalue weighted by Crippen LogP contribution is -2.44. The molecule has 0 saturated carbocycles. The molecule has 2 atom stereocenters. The van der Waals surface area contributed by atoms with Crippen molar-refractivity contribution in [3.8, 4) is 0 Å². The molecule has 7 heteroatoms. The number of nitrogens with zero attached hydrogens (tertiary/aromatic N) is 2. The number of piperidine rings is 1. The number of hydrogen-bond donors (Lipinski definition) is 3. The summed E-state index contributed by atoms with van der Waals surface area (Å²) in [4.78, 5) is 7.13. The minimum Gasteiger partial charge on any atom is -0.466 e. The number of aryl methyl sites for hydroxylation is 2. The molecule has 1 fully saturated rings. The zero-order valence-corrected chi connectivity index (χ0v) is 19.8. The third-order valence-corrected chi connectivity index (χ3v) is 5.12. The maximum Gasteiger partial charge on any atom is 0.191 e. The van der Waals surface area contributed by atoms with E-state index in [4.69, 9.17) is 4.42 Å². The molecule has 1 aliphatic rings. The summed E-state index contributed by atoms with van der Waals surface area (Å²) in [7, 11) is 0. The second kappa shape index (κ2) is 11.3. The van der Waals surface area contributed by atoms with E-state index in [9.17, 15) is 5.11 Å². The molecule has 0 bridgehead atoms. The van der Waals surface area contributed by atoms with Crippen LogP contribution in [0.2, 0.25) is 0 Å². The van der Waals surface area contributed by atoms with Crippen molar-refractivity contribution in [2.75, 3.05) is 39.3 Å². The van der Waals surface area contributed by atoms with E-state index >= 15 is 0 Å². The van der Waals surface area contributed by atoms with Crippen LogP contribution in [0.5, 0.6) is 0 Å². The van der Waals surface area contributed by atoms with Gasteiger partial charge in [-0.15, -0.1) is 24.0 Å². The summed E-state index contributed by atoms with van der Waals surface area (Å²) in [6, 6.07) is 1.90. The minimum atomic E-state index is -1.05. The van der Waals surface area contributed by atoms with Gasteiger partial charge < -0.3 is 25.1 Å². The van der Waals surface area contributed by atoms with Gasteiger partial charge in [-0.2, -0.15) is 0 Å². The van der Waals surface area contributed by atoms with Gasteiger partial charge in [0.05, 0.1) is 6.54 Å². The standard InChI is InChI=1S/C20H36N4O2.HI/c1-6-21-19(22-12-17-9-8-10-24(7-2)13-17)23-14-20(5,25)18-11-15(3)26-16(18)4;/h11,17,25H,6-10,12-14H2,1-5H3,(H2,21,22,23);1H. The topological polar surface area (TPSA) is 73.0 Å². The van der Waals surface area contributed by atoms with Crippen LogP contribution in [0.1, 0.15) is 50.7 Å². The number of hydrogen-bond acceptors (Lipinski definition) is 4. The van der Waals surface area contributed by atoms with Gasteiger partial charge in [0.2, 0.25) is 0 Å². The van der Waals surface area contributed by atoms with Crippen LogP contribution >= 0.6 is 24.0 Å². The van der Waals surface area contributed by atoms with Gasteiger partial charge in [0.25, 0.3) is 0 Å². The Kier molecular flexibility index (Phi) is 10.1. The normalized spacial score (nSPS) is 20.7. The highest BCUT2D eigenvalue weighted by molar-refractivity contribution is 14.0. The van der Waals surface area contributed by atoms with Gasteiger partial charge in [-0.1, -0.05) is 6.92 Å². The first-order valence-electron chi connectivity index (χ1n) is 9.90.